The van der Waals surface area contributed by atoms with Crippen LogP contribution in [0.3, 0.4) is 0 Å². The van der Waals surface area contributed by atoms with Gasteiger partial charge in [-0.1, -0.05) is 19.1 Å². The fourth-order valence-corrected chi connectivity index (χ4v) is 3.41. The zero-order valence-corrected chi connectivity index (χ0v) is 15.5. The van der Waals surface area contributed by atoms with E-state index in [0.29, 0.717) is 25.4 Å². The predicted octanol–water partition coefficient (Wildman–Crippen LogP) is 3.04. The van der Waals surface area contributed by atoms with Gasteiger partial charge in [0.05, 0.1) is 12.5 Å². The van der Waals surface area contributed by atoms with Gasteiger partial charge in [0.2, 0.25) is 0 Å². The first kappa shape index (κ1) is 18.5. The molecule has 3 rings (SSSR count). The zero-order valence-electron chi connectivity index (χ0n) is 15.5. The third kappa shape index (κ3) is 4.90. The van der Waals surface area contributed by atoms with Gasteiger partial charge in [0.25, 0.3) is 0 Å². The summed E-state index contributed by atoms with van der Waals surface area (Å²) in [7, 11) is 0. The van der Waals surface area contributed by atoms with Gasteiger partial charge in [-0.3, -0.25) is 4.79 Å². The van der Waals surface area contributed by atoms with Crippen LogP contribution in [0.2, 0.25) is 0 Å². The van der Waals surface area contributed by atoms with Gasteiger partial charge in [-0.15, -0.1) is 0 Å². The number of carbonyl (C=O) groups excluding carboxylic acids is 1. The molecule has 1 saturated heterocycles. The van der Waals surface area contributed by atoms with Crippen LogP contribution in [0.15, 0.2) is 18.2 Å². The molecule has 2 unspecified atom stereocenters. The van der Waals surface area contributed by atoms with Crippen molar-refractivity contribution in [1.82, 2.24) is 10.2 Å². The molecule has 1 heterocycles. The van der Waals surface area contributed by atoms with E-state index in [9.17, 15) is 14.7 Å². The van der Waals surface area contributed by atoms with Gasteiger partial charge >= 0.3 is 12.0 Å². The Bertz CT molecular complexity index is 672. The lowest BCUT2D eigenvalue weighted by molar-refractivity contribution is -0.143. The smallest absolute Gasteiger partial charge is 0.317 e. The van der Waals surface area contributed by atoms with E-state index in [-0.39, 0.29) is 18.5 Å². The minimum atomic E-state index is -0.830. The molecule has 0 radical (unpaired) electrons. The Kier molecular flexibility index (Phi) is 5.69. The average Bonchev–Trinajstić information content (AvgIpc) is 3.42. The number of ether oxygens (including phenoxy) is 1. The third-order valence-electron chi connectivity index (χ3n) is 5.12. The summed E-state index contributed by atoms with van der Waals surface area (Å²) in [5.41, 5.74) is 2.07. The predicted molar refractivity (Wildman–Crippen MR) is 98.1 cm³/mol. The van der Waals surface area contributed by atoms with Gasteiger partial charge in [0.15, 0.2) is 0 Å². The van der Waals surface area contributed by atoms with Crippen molar-refractivity contribution in [2.45, 2.75) is 39.7 Å². The molecule has 2 N–H and O–H groups in total. The standard InChI is InChI=1S/C20H28N2O4/c1-13-3-6-16(18(8-13)26-12-15-4-5-15)9-21-20(25)22-10-14(2)7-17(11-22)19(23)24/h3,6,8,14-15,17H,4-5,7,9-12H2,1-2H3,(H,21,25)(H,23,24). The summed E-state index contributed by atoms with van der Waals surface area (Å²) in [5.74, 6) is 0.366. The number of hydrogen-bond donors (Lipinski definition) is 2. The van der Waals surface area contributed by atoms with Crippen molar-refractivity contribution in [3.8, 4) is 5.75 Å². The van der Waals surface area contributed by atoms with E-state index in [0.717, 1.165) is 23.5 Å². The first-order valence-corrected chi connectivity index (χ1v) is 9.40. The van der Waals surface area contributed by atoms with Crippen LogP contribution in [0.25, 0.3) is 0 Å². The van der Waals surface area contributed by atoms with Crippen LogP contribution in [0, 0.1) is 24.7 Å². The zero-order chi connectivity index (χ0) is 18.7. The van der Waals surface area contributed by atoms with Gasteiger partial charge in [-0.2, -0.15) is 0 Å². The molecule has 1 aliphatic heterocycles. The highest BCUT2D eigenvalue weighted by Crippen LogP contribution is 2.30. The van der Waals surface area contributed by atoms with Crippen LogP contribution < -0.4 is 10.1 Å². The van der Waals surface area contributed by atoms with E-state index in [1.165, 1.54) is 12.8 Å². The molecular weight excluding hydrogens is 332 g/mol. The highest BCUT2D eigenvalue weighted by molar-refractivity contribution is 5.76. The molecule has 2 amide bonds. The van der Waals surface area contributed by atoms with Crippen molar-refractivity contribution in [3.63, 3.8) is 0 Å². The van der Waals surface area contributed by atoms with E-state index in [1.807, 2.05) is 32.0 Å². The molecule has 26 heavy (non-hydrogen) atoms. The SMILES string of the molecule is Cc1ccc(CNC(=O)N2CC(C)CC(C(=O)O)C2)c(OCC2CC2)c1. The number of amides is 2. The van der Waals surface area contributed by atoms with Crippen LogP contribution in [0.4, 0.5) is 4.79 Å². The second kappa shape index (κ2) is 7.98. The molecule has 2 atom stereocenters. The number of carbonyl (C=O) groups is 2. The van der Waals surface area contributed by atoms with Gasteiger partial charge in [0.1, 0.15) is 5.75 Å². The Morgan fingerprint density at radius 1 is 1.31 bits per heavy atom. The van der Waals surface area contributed by atoms with Gasteiger partial charge in [-0.05, 0) is 49.7 Å². The number of carboxylic acids is 1. The summed E-state index contributed by atoms with van der Waals surface area (Å²) < 4.78 is 5.94. The second-order valence-electron chi connectivity index (χ2n) is 7.81. The van der Waals surface area contributed by atoms with Crippen molar-refractivity contribution in [1.29, 1.82) is 0 Å². The molecule has 1 aliphatic carbocycles. The van der Waals surface area contributed by atoms with E-state index in [2.05, 4.69) is 5.32 Å². The fraction of sp³-hybridized carbons (Fsp3) is 0.600. The number of hydrogen-bond acceptors (Lipinski definition) is 3. The number of carboxylic acid groups (broad SMARTS) is 1. The molecule has 2 aliphatic rings. The Labute approximate surface area is 154 Å². The minimum absolute atomic E-state index is 0.187. The number of likely N-dealkylation sites (tertiary alicyclic amines) is 1. The summed E-state index contributed by atoms with van der Waals surface area (Å²) in [5, 5.41) is 12.2. The largest absolute Gasteiger partial charge is 0.493 e. The third-order valence-corrected chi connectivity index (χ3v) is 5.12. The molecule has 0 spiro atoms. The number of rotatable bonds is 6. The minimum Gasteiger partial charge on any atom is -0.493 e. The molecular formula is C20H28N2O4. The van der Waals surface area contributed by atoms with Crippen molar-refractivity contribution in [2.75, 3.05) is 19.7 Å². The number of benzene rings is 1. The molecule has 6 nitrogen and oxygen atoms in total. The maximum absolute atomic E-state index is 12.5. The summed E-state index contributed by atoms with van der Waals surface area (Å²) in [6.45, 7) is 5.97. The summed E-state index contributed by atoms with van der Waals surface area (Å²) in [6.07, 6.45) is 3.09. The number of aliphatic carboxylic acids is 1. The first-order chi connectivity index (χ1) is 12.4. The number of nitrogens with zero attached hydrogens (tertiary/aromatic N) is 1. The summed E-state index contributed by atoms with van der Waals surface area (Å²) >= 11 is 0. The van der Waals surface area contributed by atoms with Gasteiger partial charge < -0.3 is 20.1 Å². The lowest BCUT2D eigenvalue weighted by Gasteiger charge is -2.34. The van der Waals surface area contributed by atoms with Gasteiger partial charge in [-0.25, -0.2) is 4.79 Å². The highest BCUT2D eigenvalue weighted by atomic mass is 16.5. The molecule has 1 aromatic rings. The fourth-order valence-electron chi connectivity index (χ4n) is 3.41. The van der Waals surface area contributed by atoms with Crippen LogP contribution >= 0.6 is 0 Å². The Balaban J connectivity index is 1.59. The number of aryl methyl sites for hydroxylation is 1. The highest BCUT2D eigenvalue weighted by Gasteiger charge is 2.31. The first-order valence-electron chi connectivity index (χ1n) is 9.40. The van der Waals surface area contributed by atoms with E-state index in [1.54, 1.807) is 4.90 Å². The lowest BCUT2D eigenvalue weighted by atomic mass is 9.91. The normalized spacial score (nSPS) is 22.8. The molecule has 1 saturated carbocycles. The van der Waals surface area contributed by atoms with Gasteiger partial charge in [0, 0.05) is 25.2 Å². The topological polar surface area (TPSA) is 78.9 Å². The average molecular weight is 360 g/mol. The molecule has 142 valence electrons. The summed E-state index contributed by atoms with van der Waals surface area (Å²) in [4.78, 5) is 25.4. The van der Waals surface area contributed by atoms with Crippen LogP contribution in [0.5, 0.6) is 5.75 Å². The van der Waals surface area contributed by atoms with E-state index < -0.39 is 11.9 Å². The van der Waals surface area contributed by atoms with Crippen LogP contribution in [-0.2, 0) is 11.3 Å². The number of piperidine rings is 1. The maximum atomic E-state index is 12.5. The number of nitrogens with one attached hydrogen (secondary N) is 1. The molecule has 2 fully saturated rings. The maximum Gasteiger partial charge on any atom is 0.317 e. The van der Waals surface area contributed by atoms with Crippen molar-refractivity contribution in [3.05, 3.63) is 29.3 Å². The van der Waals surface area contributed by atoms with Crippen LogP contribution in [0.1, 0.15) is 37.3 Å². The van der Waals surface area contributed by atoms with E-state index in [4.69, 9.17) is 4.74 Å². The van der Waals surface area contributed by atoms with Crippen molar-refractivity contribution in [2.24, 2.45) is 17.8 Å². The summed E-state index contributed by atoms with van der Waals surface area (Å²) in [6, 6.07) is 5.79. The van der Waals surface area contributed by atoms with Crippen LogP contribution in [-0.4, -0.2) is 41.7 Å². The molecule has 0 bridgehead atoms. The molecule has 0 aromatic heterocycles. The van der Waals surface area contributed by atoms with Crippen molar-refractivity contribution >= 4 is 12.0 Å². The second-order valence-corrected chi connectivity index (χ2v) is 7.81. The molecule has 1 aromatic carbocycles. The van der Waals surface area contributed by atoms with E-state index >= 15 is 0 Å². The number of urea groups is 1. The Hall–Kier alpha value is -2.24. The van der Waals surface area contributed by atoms with Crippen molar-refractivity contribution < 1.29 is 19.4 Å². The lowest BCUT2D eigenvalue weighted by Crippen LogP contribution is -2.49. The molecule has 6 heteroatoms. The monoisotopic (exact) mass is 360 g/mol. The quantitative estimate of drug-likeness (QED) is 0.817. The Morgan fingerprint density at radius 3 is 2.77 bits per heavy atom. The Morgan fingerprint density at radius 2 is 2.08 bits per heavy atom.